The summed E-state index contributed by atoms with van der Waals surface area (Å²) in [5.41, 5.74) is 3.35. The highest BCUT2D eigenvalue weighted by Gasteiger charge is 2.13. The molecule has 1 atom stereocenters. The SMILES string of the molecule is Cc1ccc(C)c(C(C)NC(=O)CNC(=O)COc2ccccc2)c1. The molecule has 0 aromatic heterocycles. The molecule has 25 heavy (non-hydrogen) atoms. The number of rotatable bonds is 7. The van der Waals surface area contributed by atoms with Gasteiger partial charge in [0.1, 0.15) is 5.75 Å². The normalized spacial score (nSPS) is 11.5. The van der Waals surface area contributed by atoms with Crippen molar-refractivity contribution in [3.05, 3.63) is 65.2 Å². The van der Waals surface area contributed by atoms with Gasteiger partial charge in [0.15, 0.2) is 6.61 Å². The predicted octanol–water partition coefficient (Wildman–Crippen LogP) is 2.68. The van der Waals surface area contributed by atoms with Gasteiger partial charge in [0.05, 0.1) is 12.6 Å². The monoisotopic (exact) mass is 340 g/mol. The molecule has 132 valence electrons. The van der Waals surface area contributed by atoms with E-state index in [4.69, 9.17) is 4.74 Å². The Kier molecular flexibility index (Phi) is 6.57. The summed E-state index contributed by atoms with van der Waals surface area (Å²) in [6, 6.07) is 15.1. The summed E-state index contributed by atoms with van der Waals surface area (Å²) in [4.78, 5) is 23.8. The molecule has 0 radical (unpaired) electrons. The van der Waals surface area contributed by atoms with Crippen molar-refractivity contribution >= 4 is 11.8 Å². The zero-order valence-corrected chi connectivity index (χ0v) is 14.8. The third-order valence-electron chi connectivity index (χ3n) is 3.84. The van der Waals surface area contributed by atoms with E-state index in [-0.39, 0.29) is 31.0 Å². The topological polar surface area (TPSA) is 67.4 Å². The molecule has 0 saturated carbocycles. The Balaban J connectivity index is 1.76. The highest BCUT2D eigenvalue weighted by molar-refractivity contribution is 5.85. The van der Waals surface area contributed by atoms with Gasteiger partial charge in [-0.25, -0.2) is 0 Å². The quantitative estimate of drug-likeness (QED) is 0.814. The number of para-hydroxylation sites is 1. The number of nitrogens with one attached hydrogen (secondary N) is 2. The third kappa shape index (κ3) is 5.95. The van der Waals surface area contributed by atoms with Crippen LogP contribution in [-0.4, -0.2) is 25.0 Å². The van der Waals surface area contributed by atoms with Crippen molar-refractivity contribution in [2.24, 2.45) is 0 Å². The molecule has 5 heteroatoms. The number of benzene rings is 2. The molecular formula is C20H24N2O3. The lowest BCUT2D eigenvalue weighted by Gasteiger charge is -2.17. The fourth-order valence-electron chi connectivity index (χ4n) is 2.49. The van der Waals surface area contributed by atoms with E-state index in [9.17, 15) is 9.59 Å². The van der Waals surface area contributed by atoms with Crippen molar-refractivity contribution in [2.75, 3.05) is 13.2 Å². The van der Waals surface area contributed by atoms with Gasteiger partial charge in [-0.3, -0.25) is 9.59 Å². The van der Waals surface area contributed by atoms with Crippen LogP contribution in [0.15, 0.2) is 48.5 Å². The van der Waals surface area contributed by atoms with Gasteiger partial charge in [0.25, 0.3) is 5.91 Å². The predicted molar refractivity (Wildman–Crippen MR) is 97.4 cm³/mol. The smallest absolute Gasteiger partial charge is 0.258 e. The van der Waals surface area contributed by atoms with Gasteiger partial charge in [-0.2, -0.15) is 0 Å². The first-order valence-corrected chi connectivity index (χ1v) is 8.27. The van der Waals surface area contributed by atoms with Gasteiger partial charge >= 0.3 is 0 Å². The molecule has 0 aliphatic rings. The van der Waals surface area contributed by atoms with Crippen LogP contribution in [0, 0.1) is 13.8 Å². The molecule has 0 heterocycles. The number of ether oxygens (including phenoxy) is 1. The van der Waals surface area contributed by atoms with Crippen molar-refractivity contribution in [1.82, 2.24) is 10.6 Å². The van der Waals surface area contributed by atoms with Crippen molar-refractivity contribution in [2.45, 2.75) is 26.8 Å². The molecule has 0 bridgehead atoms. The van der Waals surface area contributed by atoms with Crippen LogP contribution in [0.5, 0.6) is 5.75 Å². The largest absolute Gasteiger partial charge is 0.484 e. The first-order chi connectivity index (χ1) is 12.0. The molecule has 2 aromatic rings. The lowest BCUT2D eigenvalue weighted by atomic mass is 10.00. The average Bonchev–Trinajstić information content (AvgIpc) is 2.61. The van der Waals surface area contributed by atoms with Crippen molar-refractivity contribution in [3.63, 3.8) is 0 Å². The second-order valence-electron chi connectivity index (χ2n) is 6.03. The fourth-order valence-corrected chi connectivity index (χ4v) is 2.49. The minimum atomic E-state index is -0.335. The second kappa shape index (κ2) is 8.87. The van der Waals surface area contributed by atoms with E-state index < -0.39 is 0 Å². The van der Waals surface area contributed by atoms with E-state index >= 15 is 0 Å². The Morgan fingerprint density at radius 3 is 2.48 bits per heavy atom. The maximum atomic E-state index is 12.0. The zero-order valence-electron chi connectivity index (χ0n) is 14.8. The van der Waals surface area contributed by atoms with E-state index in [2.05, 4.69) is 16.7 Å². The van der Waals surface area contributed by atoms with Gasteiger partial charge in [-0.05, 0) is 44.0 Å². The molecule has 0 aliphatic heterocycles. The highest BCUT2D eigenvalue weighted by Crippen LogP contribution is 2.18. The van der Waals surface area contributed by atoms with Crippen LogP contribution < -0.4 is 15.4 Å². The molecule has 0 saturated heterocycles. The standard InChI is InChI=1S/C20H24N2O3/c1-14-9-10-15(2)18(11-14)16(3)22-19(23)12-21-20(24)13-25-17-7-5-4-6-8-17/h4-11,16H,12-13H2,1-3H3,(H,21,24)(H,22,23). The molecule has 2 aromatic carbocycles. The van der Waals surface area contributed by atoms with Crippen LogP contribution in [-0.2, 0) is 9.59 Å². The molecule has 2 N–H and O–H groups in total. The van der Waals surface area contributed by atoms with E-state index in [1.807, 2.05) is 51.1 Å². The number of hydrogen-bond donors (Lipinski definition) is 2. The van der Waals surface area contributed by atoms with Gasteiger partial charge < -0.3 is 15.4 Å². The Bertz CT molecular complexity index is 729. The van der Waals surface area contributed by atoms with E-state index in [1.54, 1.807) is 12.1 Å². The number of amides is 2. The molecule has 0 spiro atoms. The Morgan fingerprint density at radius 2 is 1.76 bits per heavy atom. The van der Waals surface area contributed by atoms with Crippen molar-refractivity contribution in [1.29, 1.82) is 0 Å². The lowest BCUT2D eigenvalue weighted by Crippen LogP contribution is -2.39. The summed E-state index contributed by atoms with van der Waals surface area (Å²) >= 11 is 0. The first-order valence-electron chi connectivity index (χ1n) is 8.27. The van der Waals surface area contributed by atoms with Gasteiger partial charge in [-0.1, -0.05) is 42.0 Å². The summed E-state index contributed by atoms with van der Waals surface area (Å²) in [5.74, 6) is 0.0468. The number of carbonyl (C=O) groups is 2. The van der Waals surface area contributed by atoms with Gasteiger partial charge in [-0.15, -0.1) is 0 Å². The minimum absolute atomic E-state index is 0.0772. The first kappa shape index (κ1) is 18.5. The van der Waals surface area contributed by atoms with Crippen LogP contribution >= 0.6 is 0 Å². The van der Waals surface area contributed by atoms with Gasteiger partial charge in [0.2, 0.25) is 5.91 Å². The molecular weight excluding hydrogens is 316 g/mol. The summed E-state index contributed by atoms with van der Waals surface area (Å²) in [6.07, 6.45) is 0. The molecule has 2 rings (SSSR count). The van der Waals surface area contributed by atoms with E-state index in [1.165, 1.54) is 0 Å². The van der Waals surface area contributed by atoms with E-state index in [0.29, 0.717) is 5.75 Å². The number of aryl methyl sites for hydroxylation is 2. The zero-order chi connectivity index (χ0) is 18.2. The molecule has 2 amide bonds. The summed E-state index contributed by atoms with van der Waals surface area (Å²) in [5, 5.41) is 5.46. The van der Waals surface area contributed by atoms with Crippen LogP contribution in [0.1, 0.15) is 29.7 Å². The summed E-state index contributed by atoms with van der Waals surface area (Å²) in [7, 11) is 0. The van der Waals surface area contributed by atoms with E-state index in [0.717, 1.165) is 16.7 Å². The van der Waals surface area contributed by atoms with Crippen LogP contribution in [0.2, 0.25) is 0 Å². The van der Waals surface area contributed by atoms with Crippen LogP contribution in [0.3, 0.4) is 0 Å². The van der Waals surface area contributed by atoms with Crippen molar-refractivity contribution < 1.29 is 14.3 Å². The van der Waals surface area contributed by atoms with Gasteiger partial charge in [0, 0.05) is 0 Å². The minimum Gasteiger partial charge on any atom is -0.484 e. The highest BCUT2D eigenvalue weighted by atomic mass is 16.5. The molecule has 0 fully saturated rings. The maximum absolute atomic E-state index is 12.0. The fraction of sp³-hybridized carbons (Fsp3) is 0.300. The summed E-state index contributed by atoms with van der Waals surface area (Å²) < 4.78 is 5.34. The van der Waals surface area contributed by atoms with Crippen LogP contribution in [0.4, 0.5) is 0 Å². The Hall–Kier alpha value is -2.82. The molecule has 5 nitrogen and oxygen atoms in total. The molecule has 0 aliphatic carbocycles. The van der Waals surface area contributed by atoms with Crippen LogP contribution in [0.25, 0.3) is 0 Å². The summed E-state index contributed by atoms with van der Waals surface area (Å²) in [6.45, 7) is 5.76. The maximum Gasteiger partial charge on any atom is 0.258 e. The number of hydrogen-bond acceptors (Lipinski definition) is 3. The lowest BCUT2D eigenvalue weighted by molar-refractivity contribution is -0.127. The Morgan fingerprint density at radius 1 is 1.04 bits per heavy atom. The molecule has 1 unspecified atom stereocenters. The number of carbonyl (C=O) groups excluding carboxylic acids is 2. The van der Waals surface area contributed by atoms with Crippen molar-refractivity contribution in [3.8, 4) is 5.75 Å². The second-order valence-corrected chi connectivity index (χ2v) is 6.03. The third-order valence-corrected chi connectivity index (χ3v) is 3.84. The average molecular weight is 340 g/mol. The Labute approximate surface area is 148 Å².